The Hall–Kier alpha value is -2.42. The summed E-state index contributed by atoms with van der Waals surface area (Å²) in [5.74, 6) is 1.85. The molecule has 1 N–H and O–H groups in total. The topological polar surface area (TPSA) is 59.5 Å². The summed E-state index contributed by atoms with van der Waals surface area (Å²) in [7, 11) is 3.76. The van der Waals surface area contributed by atoms with Crippen molar-refractivity contribution in [2.75, 3.05) is 39.2 Å². The molecule has 1 aromatic heterocycles. The summed E-state index contributed by atoms with van der Waals surface area (Å²) in [5.41, 5.74) is 0.625. The fourth-order valence-corrected chi connectivity index (χ4v) is 5.35. The minimum absolute atomic E-state index is 0. The molecule has 2 heterocycles. The van der Waals surface area contributed by atoms with Gasteiger partial charge >= 0.3 is 0 Å². The van der Waals surface area contributed by atoms with Crippen LogP contribution in [0.15, 0.2) is 30.6 Å². The highest BCUT2D eigenvalue weighted by Gasteiger charge is 2.39. The second-order valence-electron chi connectivity index (χ2n) is 8.98. The van der Waals surface area contributed by atoms with Gasteiger partial charge in [0.25, 0.3) is 0 Å². The molecule has 34 heavy (non-hydrogen) atoms. The first-order valence-electron chi connectivity index (χ1n) is 11.0. The van der Waals surface area contributed by atoms with Crippen molar-refractivity contribution in [1.29, 1.82) is 0 Å². The fraction of sp³-hybridized carbons (Fsp3) is 0.417. The lowest BCUT2D eigenvalue weighted by molar-refractivity contribution is 0.227. The Morgan fingerprint density at radius 1 is 1.12 bits per heavy atom. The zero-order valence-corrected chi connectivity index (χ0v) is 20.4. The molecule has 1 aliphatic carbocycles. The zero-order chi connectivity index (χ0) is 23.1. The van der Waals surface area contributed by atoms with Gasteiger partial charge in [-0.25, -0.2) is 18.7 Å². The third-order valence-corrected chi connectivity index (χ3v) is 7.06. The molecule has 1 unspecified atom stereocenters. The van der Waals surface area contributed by atoms with Crippen LogP contribution in [0.3, 0.4) is 0 Å². The van der Waals surface area contributed by atoms with Crippen molar-refractivity contribution in [3.63, 3.8) is 0 Å². The molecule has 0 spiro atoms. The Kier molecular flexibility index (Phi) is 7.31. The number of ether oxygens (including phenoxy) is 2. The summed E-state index contributed by atoms with van der Waals surface area (Å²) >= 11 is 5.70. The Morgan fingerprint density at radius 3 is 2.56 bits per heavy atom. The number of methoxy groups -OCH3 is 1. The number of fused-ring (bicyclic) bond motifs is 2. The standard InChI is InChI=1S/C24H25ClF2N4O2.ClH/c1-31-9-14-5-13(6-15(14)10-31)11-33-21-8-19-16(7-20(21)32-2)24(29-12-28-19)30-18-4-3-17(26)22(25)23(18)27;/h3-4,7-8,12-15H,5-6,9-11H2,1-2H3,(H,28,29,30);1H/t13?,14-,15+;. The number of hydrogen-bond acceptors (Lipinski definition) is 6. The maximum Gasteiger partial charge on any atom is 0.168 e. The van der Waals surface area contributed by atoms with Crippen LogP contribution in [-0.2, 0) is 0 Å². The van der Waals surface area contributed by atoms with Crippen LogP contribution in [0, 0.1) is 29.4 Å². The Balaban J connectivity index is 0.00000274. The van der Waals surface area contributed by atoms with Gasteiger partial charge in [0.05, 0.1) is 24.9 Å². The molecular weight excluding hydrogens is 485 g/mol. The number of anilines is 2. The van der Waals surface area contributed by atoms with Crippen molar-refractivity contribution in [3.05, 3.63) is 47.2 Å². The van der Waals surface area contributed by atoms with Crippen molar-refractivity contribution >= 4 is 46.4 Å². The maximum atomic E-state index is 14.4. The number of halogens is 4. The number of rotatable bonds is 6. The molecule has 1 aliphatic heterocycles. The minimum Gasteiger partial charge on any atom is -0.493 e. The Morgan fingerprint density at radius 2 is 1.85 bits per heavy atom. The lowest BCUT2D eigenvalue weighted by Crippen LogP contribution is -2.18. The Labute approximate surface area is 208 Å². The van der Waals surface area contributed by atoms with E-state index < -0.39 is 16.7 Å². The third kappa shape index (κ3) is 4.72. The Bertz CT molecular complexity index is 1190. The van der Waals surface area contributed by atoms with Crippen LogP contribution < -0.4 is 14.8 Å². The monoisotopic (exact) mass is 510 g/mol. The molecule has 2 fully saturated rings. The molecule has 0 bridgehead atoms. The molecule has 0 radical (unpaired) electrons. The van der Waals surface area contributed by atoms with Gasteiger partial charge in [0.15, 0.2) is 17.3 Å². The van der Waals surface area contributed by atoms with Gasteiger partial charge in [-0.05, 0) is 55.8 Å². The highest BCUT2D eigenvalue weighted by atomic mass is 35.5. The van der Waals surface area contributed by atoms with Gasteiger partial charge in [-0.15, -0.1) is 12.4 Å². The summed E-state index contributed by atoms with van der Waals surface area (Å²) < 4.78 is 39.6. The van der Waals surface area contributed by atoms with E-state index in [-0.39, 0.29) is 18.1 Å². The first-order valence-corrected chi connectivity index (χ1v) is 11.3. The summed E-state index contributed by atoms with van der Waals surface area (Å²) in [5, 5.41) is 2.92. The number of nitrogens with zero attached hydrogens (tertiary/aromatic N) is 3. The van der Waals surface area contributed by atoms with Crippen LogP contribution in [0.4, 0.5) is 20.3 Å². The summed E-state index contributed by atoms with van der Waals surface area (Å²) in [6.07, 6.45) is 3.75. The van der Waals surface area contributed by atoms with E-state index in [1.165, 1.54) is 38.3 Å². The first-order chi connectivity index (χ1) is 15.9. The largest absolute Gasteiger partial charge is 0.493 e. The first kappa shape index (κ1) is 24.7. The molecule has 10 heteroatoms. The predicted octanol–water partition coefficient (Wildman–Crippen LogP) is 5.70. The van der Waals surface area contributed by atoms with Crippen molar-refractivity contribution in [2.45, 2.75) is 12.8 Å². The summed E-state index contributed by atoms with van der Waals surface area (Å²) in [4.78, 5) is 11.0. The van der Waals surface area contributed by atoms with Crippen LogP contribution in [-0.4, -0.2) is 48.7 Å². The van der Waals surface area contributed by atoms with E-state index in [2.05, 4.69) is 27.2 Å². The van der Waals surface area contributed by atoms with Gasteiger partial charge in [0.2, 0.25) is 0 Å². The molecule has 2 aliphatic rings. The van der Waals surface area contributed by atoms with E-state index in [4.69, 9.17) is 21.1 Å². The number of nitrogens with one attached hydrogen (secondary N) is 1. The molecular formula is C24H26Cl2F2N4O2. The minimum atomic E-state index is -0.886. The number of benzene rings is 2. The van der Waals surface area contributed by atoms with Gasteiger partial charge in [-0.1, -0.05) is 11.6 Å². The van der Waals surface area contributed by atoms with Gasteiger partial charge < -0.3 is 19.7 Å². The van der Waals surface area contributed by atoms with E-state index in [9.17, 15) is 8.78 Å². The number of likely N-dealkylation sites (tertiary alicyclic amines) is 1. The van der Waals surface area contributed by atoms with E-state index in [0.717, 1.165) is 17.9 Å². The molecule has 5 rings (SSSR count). The van der Waals surface area contributed by atoms with E-state index >= 15 is 0 Å². The molecule has 6 nitrogen and oxygen atoms in total. The fourth-order valence-electron chi connectivity index (χ4n) is 5.19. The highest BCUT2D eigenvalue weighted by molar-refractivity contribution is 6.31. The SMILES string of the molecule is COc1cc2c(Nc3ccc(F)c(Cl)c3F)ncnc2cc1OCC1C[C@@H]2CN(C)C[C@@H]2C1.Cl. The molecule has 1 saturated heterocycles. The smallest absolute Gasteiger partial charge is 0.168 e. The van der Waals surface area contributed by atoms with Gasteiger partial charge in [-0.2, -0.15) is 0 Å². The van der Waals surface area contributed by atoms with Crippen molar-refractivity contribution in [1.82, 2.24) is 14.9 Å². The maximum absolute atomic E-state index is 14.4. The van der Waals surface area contributed by atoms with E-state index in [1.54, 1.807) is 19.2 Å². The molecule has 0 amide bonds. The normalized spacial score (nSPS) is 21.9. The second kappa shape index (κ2) is 10.1. The van der Waals surface area contributed by atoms with Crippen LogP contribution in [0.25, 0.3) is 10.9 Å². The van der Waals surface area contributed by atoms with E-state index in [0.29, 0.717) is 40.7 Å². The average molecular weight is 511 g/mol. The zero-order valence-electron chi connectivity index (χ0n) is 18.9. The molecule has 2 aromatic carbocycles. The van der Waals surface area contributed by atoms with Crippen LogP contribution in [0.5, 0.6) is 11.5 Å². The quantitative estimate of drug-likeness (QED) is 0.429. The van der Waals surface area contributed by atoms with Gasteiger partial charge in [-0.3, -0.25) is 0 Å². The van der Waals surface area contributed by atoms with Crippen LogP contribution in [0.1, 0.15) is 12.8 Å². The van der Waals surface area contributed by atoms with Crippen molar-refractivity contribution in [3.8, 4) is 11.5 Å². The van der Waals surface area contributed by atoms with Crippen LogP contribution >= 0.6 is 24.0 Å². The third-order valence-electron chi connectivity index (χ3n) is 6.71. The number of hydrogen-bond donors (Lipinski definition) is 1. The second-order valence-corrected chi connectivity index (χ2v) is 9.36. The number of aromatic nitrogens is 2. The van der Waals surface area contributed by atoms with E-state index in [1.807, 2.05) is 0 Å². The average Bonchev–Trinajstić information content (AvgIpc) is 3.34. The van der Waals surface area contributed by atoms with Crippen LogP contribution in [0.2, 0.25) is 5.02 Å². The van der Waals surface area contributed by atoms with Gasteiger partial charge in [0, 0.05) is 24.5 Å². The predicted molar refractivity (Wildman–Crippen MR) is 131 cm³/mol. The van der Waals surface area contributed by atoms with Crippen molar-refractivity contribution < 1.29 is 18.3 Å². The summed E-state index contributed by atoms with van der Waals surface area (Å²) in [6.45, 7) is 2.98. The van der Waals surface area contributed by atoms with Crippen molar-refractivity contribution in [2.24, 2.45) is 17.8 Å². The molecule has 182 valence electrons. The lowest BCUT2D eigenvalue weighted by atomic mass is 10.0. The highest BCUT2D eigenvalue weighted by Crippen LogP contribution is 2.42. The summed E-state index contributed by atoms with van der Waals surface area (Å²) in [6, 6.07) is 5.93. The lowest BCUT2D eigenvalue weighted by Gasteiger charge is -2.17. The molecule has 3 aromatic rings. The molecule has 1 saturated carbocycles. The van der Waals surface area contributed by atoms with Gasteiger partial charge in [0.1, 0.15) is 23.0 Å². The molecule has 3 atom stereocenters.